The Morgan fingerprint density at radius 3 is 2.29 bits per heavy atom. The lowest BCUT2D eigenvalue weighted by atomic mass is 10.2. The average molecular weight is 413 g/mol. The maximum atomic E-state index is 13.6. The fourth-order valence-electron chi connectivity index (χ4n) is 3.20. The van der Waals surface area contributed by atoms with E-state index in [0.717, 1.165) is 5.56 Å². The predicted molar refractivity (Wildman–Crippen MR) is 110 cm³/mol. The fourth-order valence-corrected chi connectivity index (χ4v) is 5.21. The SMILES string of the molecule is O=C1Cc2cc(S(=O)(=O)N(Cc3ccccc3)c3ccccc3)c(Cl)cc2N1. The Morgan fingerprint density at radius 2 is 1.61 bits per heavy atom. The zero-order chi connectivity index (χ0) is 19.7. The van der Waals surface area contributed by atoms with E-state index in [9.17, 15) is 13.2 Å². The van der Waals surface area contributed by atoms with Crippen LogP contribution in [0.3, 0.4) is 0 Å². The Morgan fingerprint density at radius 1 is 0.964 bits per heavy atom. The van der Waals surface area contributed by atoms with Crippen LogP contribution in [0.2, 0.25) is 5.02 Å². The summed E-state index contributed by atoms with van der Waals surface area (Å²) < 4.78 is 28.5. The van der Waals surface area contributed by atoms with Crippen molar-refractivity contribution in [2.24, 2.45) is 0 Å². The van der Waals surface area contributed by atoms with Crippen molar-refractivity contribution in [2.45, 2.75) is 17.9 Å². The van der Waals surface area contributed by atoms with Gasteiger partial charge in [0.1, 0.15) is 4.90 Å². The van der Waals surface area contributed by atoms with E-state index in [-0.39, 0.29) is 28.8 Å². The summed E-state index contributed by atoms with van der Waals surface area (Å²) >= 11 is 6.32. The minimum atomic E-state index is -3.96. The number of benzene rings is 3. The van der Waals surface area contributed by atoms with Crippen LogP contribution in [-0.4, -0.2) is 14.3 Å². The number of rotatable bonds is 5. The molecule has 1 heterocycles. The third-order valence-electron chi connectivity index (χ3n) is 4.56. The molecule has 3 aromatic rings. The molecule has 0 saturated heterocycles. The van der Waals surface area contributed by atoms with Gasteiger partial charge in [-0.2, -0.15) is 0 Å². The number of para-hydroxylation sites is 1. The number of fused-ring (bicyclic) bond motifs is 1. The van der Waals surface area contributed by atoms with Gasteiger partial charge in [-0.05, 0) is 35.4 Å². The first-order valence-corrected chi connectivity index (χ1v) is 10.5. The van der Waals surface area contributed by atoms with Crippen molar-refractivity contribution in [1.29, 1.82) is 0 Å². The van der Waals surface area contributed by atoms with Crippen LogP contribution < -0.4 is 9.62 Å². The lowest BCUT2D eigenvalue weighted by Gasteiger charge is -2.25. The second-order valence-electron chi connectivity index (χ2n) is 6.50. The van der Waals surface area contributed by atoms with Crippen LogP contribution in [0.4, 0.5) is 11.4 Å². The number of nitrogens with zero attached hydrogens (tertiary/aromatic N) is 1. The van der Waals surface area contributed by atoms with Crippen LogP contribution in [0.25, 0.3) is 0 Å². The molecule has 0 atom stereocenters. The lowest BCUT2D eigenvalue weighted by molar-refractivity contribution is -0.115. The standard InChI is InChI=1S/C21H17ClN2O3S/c22-18-13-19-16(12-21(25)23-19)11-20(18)28(26,27)24(17-9-5-2-6-10-17)14-15-7-3-1-4-8-15/h1-11,13H,12,14H2,(H,23,25). The first-order valence-electron chi connectivity index (χ1n) is 8.69. The second kappa shape index (κ2) is 7.30. The van der Waals surface area contributed by atoms with Gasteiger partial charge in [-0.15, -0.1) is 0 Å². The minimum absolute atomic E-state index is 0.01000. The van der Waals surface area contributed by atoms with Crippen molar-refractivity contribution >= 4 is 38.9 Å². The number of anilines is 2. The van der Waals surface area contributed by atoms with Crippen LogP contribution >= 0.6 is 11.6 Å². The molecule has 28 heavy (non-hydrogen) atoms. The third kappa shape index (κ3) is 3.48. The Kier molecular flexibility index (Phi) is 4.83. The number of nitrogens with one attached hydrogen (secondary N) is 1. The number of hydrogen-bond acceptors (Lipinski definition) is 3. The molecular formula is C21H17ClN2O3S. The highest BCUT2D eigenvalue weighted by Crippen LogP contribution is 2.35. The van der Waals surface area contributed by atoms with E-state index in [1.54, 1.807) is 24.3 Å². The summed E-state index contributed by atoms with van der Waals surface area (Å²) in [5.74, 6) is -0.176. The second-order valence-corrected chi connectivity index (χ2v) is 8.74. The van der Waals surface area contributed by atoms with Crippen LogP contribution in [0.5, 0.6) is 0 Å². The number of amides is 1. The van der Waals surface area contributed by atoms with Gasteiger partial charge in [0.2, 0.25) is 5.91 Å². The molecule has 7 heteroatoms. The molecule has 0 aromatic heterocycles. The summed E-state index contributed by atoms with van der Waals surface area (Å²) in [5.41, 5.74) is 2.57. The normalized spacial score (nSPS) is 13.1. The first kappa shape index (κ1) is 18.5. The molecule has 1 aliphatic heterocycles. The minimum Gasteiger partial charge on any atom is -0.325 e. The van der Waals surface area contributed by atoms with Gasteiger partial charge in [0.05, 0.1) is 23.7 Å². The van der Waals surface area contributed by atoms with E-state index < -0.39 is 10.0 Å². The molecule has 0 fully saturated rings. The van der Waals surface area contributed by atoms with Crippen LogP contribution in [0.15, 0.2) is 77.7 Å². The summed E-state index contributed by atoms with van der Waals surface area (Å²) in [7, 11) is -3.96. The molecule has 5 nitrogen and oxygen atoms in total. The van der Waals surface area contributed by atoms with E-state index in [4.69, 9.17) is 11.6 Å². The molecule has 4 rings (SSSR count). The van der Waals surface area contributed by atoms with Crippen molar-refractivity contribution in [3.8, 4) is 0 Å². The van der Waals surface area contributed by atoms with E-state index in [0.29, 0.717) is 16.9 Å². The molecule has 0 aliphatic carbocycles. The molecule has 0 spiro atoms. The Hall–Kier alpha value is -2.83. The molecule has 0 radical (unpaired) electrons. The van der Waals surface area contributed by atoms with Gasteiger partial charge in [-0.1, -0.05) is 60.1 Å². The number of hydrogen-bond donors (Lipinski definition) is 1. The van der Waals surface area contributed by atoms with Crippen molar-refractivity contribution in [3.05, 3.63) is 88.9 Å². The number of carbonyl (C=O) groups excluding carboxylic acids is 1. The molecule has 142 valence electrons. The first-order chi connectivity index (χ1) is 13.4. The van der Waals surface area contributed by atoms with Gasteiger partial charge >= 0.3 is 0 Å². The highest BCUT2D eigenvalue weighted by atomic mass is 35.5. The summed E-state index contributed by atoms with van der Waals surface area (Å²) in [4.78, 5) is 11.6. The topological polar surface area (TPSA) is 66.5 Å². The van der Waals surface area contributed by atoms with Gasteiger partial charge in [0.25, 0.3) is 10.0 Å². The fraction of sp³-hybridized carbons (Fsp3) is 0.0952. The average Bonchev–Trinajstić information content (AvgIpc) is 3.05. The highest BCUT2D eigenvalue weighted by molar-refractivity contribution is 7.93. The van der Waals surface area contributed by atoms with Gasteiger partial charge in [-0.25, -0.2) is 8.42 Å². The molecule has 3 aromatic carbocycles. The maximum Gasteiger partial charge on any atom is 0.266 e. The monoisotopic (exact) mass is 412 g/mol. The largest absolute Gasteiger partial charge is 0.325 e. The lowest BCUT2D eigenvalue weighted by Crippen LogP contribution is -2.30. The van der Waals surface area contributed by atoms with Crippen molar-refractivity contribution in [3.63, 3.8) is 0 Å². The van der Waals surface area contributed by atoms with Crippen LogP contribution in [0, 0.1) is 0 Å². The Bertz CT molecular complexity index is 1130. The molecular weight excluding hydrogens is 396 g/mol. The van der Waals surface area contributed by atoms with Crippen molar-refractivity contribution in [1.82, 2.24) is 0 Å². The zero-order valence-corrected chi connectivity index (χ0v) is 16.4. The quantitative estimate of drug-likeness (QED) is 0.681. The van der Waals surface area contributed by atoms with E-state index >= 15 is 0 Å². The van der Waals surface area contributed by atoms with Gasteiger partial charge < -0.3 is 5.32 Å². The summed E-state index contributed by atoms with van der Waals surface area (Å²) in [6.45, 7) is 0.164. The molecule has 1 aliphatic rings. The number of carbonyl (C=O) groups is 1. The third-order valence-corrected chi connectivity index (χ3v) is 6.80. The van der Waals surface area contributed by atoms with Crippen LogP contribution in [0.1, 0.15) is 11.1 Å². The molecule has 0 bridgehead atoms. The van der Waals surface area contributed by atoms with Gasteiger partial charge in [0.15, 0.2) is 0 Å². The molecule has 1 N–H and O–H groups in total. The van der Waals surface area contributed by atoms with Crippen molar-refractivity contribution < 1.29 is 13.2 Å². The summed E-state index contributed by atoms with van der Waals surface area (Å²) in [5, 5.41) is 2.76. The molecule has 1 amide bonds. The van der Waals surface area contributed by atoms with Crippen LogP contribution in [-0.2, 0) is 27.8 Å². The Balaban J connectivity index is 1.82. The summed E-state index contributed by atoms with van der Waals surface area (Å²) in [6, 6.07) is 21.2. The van der Waals surface area contributed by atoms with Gasteiger partial charge in [-0.3, -0.25) is 9.10 Å². The maximum absolute atomic E-state index is 13.6. The van der Waals surface area contributed by atoms with E-state index in [1.165, 1.54) is 16.4 Å². The Labute approximate surface area is 168 Å². The zero-order valence-electron chi connectivity index (χ0n) is 14.8. The molecule has 0 unspecified atom stereocenters. The molecule has 0 saturated carbocycles. The van der Waals surface area contributed by atoms with E-state index in [1.807, 2.05) is 36.4 Å². The van der Waals surface area contributed by atoms with Crippen molar-refractivity contribution in [2.75, 3.05) is 9.62 Å². The predicted octanol–water partition coefficient (Wildman–Crippen LogP) is 4.23. The van der Waals surface area contributed by atoms with Gasteiger partial charge in [0, 0.05) is 5.69 Å². The highest BCUT2D eigenvalue weighted by Gasteiger charge is 2.30. The summed E-state index contributed by atoms with van der Waals surface area (Å²) in [6.07, 6.45) is 0.138. The smallest absolute Gasteiger partial charge is 0.266 e. The van der Waals surface area contributed by atoms with E-state index in [2.05, 4.69) is 5.32 Å². The number of halogens is 1. The number of sulfonamides is 1.